The fraction of sp³-hybridized carbons (Fsp3) is 0.533. The van der Waals surface area contributed by atoms with Crippen molar-refractivity contribution in [3.8, 4) is 5.75 Å². The van der Waals surface area contributed by atoms with Crippen molar-refractivity contribution >= 4 is 5.96 Å². The summed E-state index contributed by atoms with van der Waals surface area (Å²) in [7, 11) is 3.37. The lowest BCUT2D eigenvalue weighted by Crippen LogP contribution is -2.50. The van der Waals surface area contributed by atoms with Crippen LogP contribution in [0.3, 0.4) is 0 Å². The molecule has 0 aromatic heterocycles. The highest BCUT2D eigenvalue weighted by Crippen LogP contribution is 2.36. The van der Waals surface area contributed by atoms with Crippen LogP contribution in [-0.2, 0) is 10.3 Å². The molecule has 0 aliphatic carbocycles. The van der Waals surface area contributed by atoms with Crippen molar-refractivity contribution in [1.29, 1.82) is 0 Å². The van der Waals surface area contributed by atoms with Gasteiger partial charge in [-0.05, 0) is 24.1 Å². The zero-order valence-corrected chi connectivity index (χ0v) is 12.4. The van der Waals surface area contributed by atoms with Crippen molar-refractivity contribution in [1.82, 2.24) is 4.90 Å². The molecule has 1 aliphatic rings. The zero-order chi connectivity index (χ0) is 14.6. The lowest BCUT2D eigenvalue weighted by Gasteiger charge is -2.39. The quantitative estimate of drug-likeness (QED) is 0.857. The molecule has 1 heterocycles. The molecule has 0 radical (unpaired) electrons. The zero-order valence-electron chi connectivity index (χ0n) is 12.4. The molecule has 0 saturated heterocycles. The number of hydrogen-bond acceptors (Lipinski definition) is 5. The Kier molecular flexibility index (Phi) is 4.49. The number of guanidine groups is 1. The average Bonchev–Trinajstić information content (AvgIpc) is 2.82. The van der Waals surface area contributed by atoms with Gasteiger partial charge in [0.2, 0.25) is 0 Å². The maximum atomic E-state index is 6.06. The summed E-state index contributed by atoms with van der Waals surface area (Å²) in [5.74, 6) is 1.45. The molecule has 2 N–H and O–H groups in total. The predicted octanol–water partition coefficient (Wildman–Crippen LogP) is 1.58. The summed E-state index contributed by atoms with van der Waals surface area (Å²) in [4.78, 5) is 6.60. The van der Waals surface area contributed by atoms with E-state index in [1.807, 2.05) is 12.1 Å². The van der Waals surface area contributed by atoms with Gasteiger partial charge in [-0.25, -0.2) is 0 Å². The van der Waals surface area contributed by atoms with E-state index >= 15 is 0 Å². The summed E-state index contributed by atoms with van der Waals surface area (Å²) < 4.78 is 10.4. The molecule has 1 unspecified atom stereocenters. The van der Waals surface area contributed by atoms with Gasteiger partial charge in [0.25, 0.3) is 0 Å². The smallest absolute Gasteiger partial charge is 0.192 e. The second kappa shape index (κ2) is 6.13. The number of rotatable bonds is 6. The van der Waals surface area contributed by atoms with E-state index in [4.69, 9.17) is 15.2 Å². The van der Waals surface area contributed by atoms with Crippen LogP contribution < -0.4 is 10.5 Å². The van der Waals surface area contributed by atoms with E-state index in [9.17, 15) is 0 Å². The highest BCUT2D eigenvalue weighted by molar-refractivity contribution is 5.81. The van der Waals surface area contributed by atoms with Gasteiger partial charge >= 0.3 is 0 Å². The van der Waals surface area contributed by atoms with Crippen LogP contribution in [0.1, 0.15) is 18.9 Å². The number of aliphatic imine (C=N–C) groups is 1. The second-order valence-corrected chi connectivity index (χ2v) is 4.93. The third-order valence-electron chi connectivity index (χ3n) is 4.03. The molecule has 20 heavy (non-hydrogen) atoms. The van der Waals surface area contributed by atoms with E-state index < -0.39 is 0 Å². The minimum absolute atomic E-state index is 0.172. The normalized spacial score (nSPS) is 21.9. The van der Waals surface area contributed by atoms with Crippen LogP contribution in [0.25, 0.3) is 0 Å². The Balaban J connectivity index is 2.31. The summed E-state index contributed by atoms with van der Waals surface area (Å²) in [6.07, 6.45) is 0.938. The van der Waals surface area contributed by atoms with Gasteiger partial charge in [0, 0.05) is 13.7 Å². The molecule has 0 spiro atoms. The van der Waals surface area contributed by atoms with Crippen LogP contribution in [0.15, 0.2) is 29.3 Å². The SMILES string of the molecule is CCC1(c2ccc(OC)cc2)CN=C(N)N1CCOC. The molecule has 1 aromatic rings. The predicted molar refractivity (Wildman–Crippen MR) is 80.0 cm³/mol. The third-order valence-corrected chi connectivity index (χ3v) is 4.03. The summed E-state index contributed by atoms with van der Waals surface area (Å²) in [6, 6.07) is 8.15. The fourth-order valence-electron chi connectivity index (χ4n) is 2.77. The summed E-state index contributed by atoms with van der Waals surface area (Å²) >= 11 is 0. The van der Waals surface area contributed by atoms with Crippen LogP contribution in [-0.4, -0.2) is 44.8 Å². The molecule has 1 aromatic carbocycles. The van der Waals surface area contributed by atoms with E-state index in [1.165, 1.54) is 5.56 Å². The Hall–Kier alpha value is -1.75. The topological polar surface area (TPSA) is 60.1 Å². The molecule has 5 nitrogen and oxygen atoms in total. The highest BCUT2D eigenvalue weighted by atomic mass is 16.5. The van der Waals surface area contributed by atoms with Gasteiger partial charge in [-0.15, -0.1) is 0 Å². The van der Waals surface area contributed by atoms with Gasteiger partial charge in [-0.2, -0.15) is 0 Å². The number of benzene rings is 1. The van der Waals surface area contributed by atoms with Crippen molar-refractivity contribution < 1.29 is 9.47 Å². The third kappa shape index (κ3) is 2.45. The van der Waals surface area contributed by atoms with Crippen LogP contribution in [0, 0.1) is 0 Å². The summed E-state index contributed by atoms with van der Waals surface area (Å²) in [5.41, 5.74) is 7.10. The number of methoxy groups -OCH3 is 2. The number of ether oxygens (including phenoxy) is 2. The van der Waals surface area contributed by atoms with Crippen molar-refractivity contribution in [3.05, 3.63) is 29.8 Å². The Bertz CT molecular complexity index is 473. The van der Waals surface area contributed by atoms with Gasteiger partial charge < -0.3 is 20.1 Å². The van der Waals surface area contributed by atoms with Gasteiger partial charge in [-0.3, -0.25) is 4.99 Å². The molecule has 0 fully saturated rings. The van der Waals surface area contributed by atoms with E-state index in [0.29, 0.717) is 19.1 Å². The Labute approximate surface area is 120 Å². The number of hydrogen-bond donors (Lipinski definition) is 1. The molecule has 5 heteroatoms. The van der Waals surface area contributed by atoms with Crippen LogP contribution in [0.5, 0.6) is 5.75 Å². The lowest BCUT2D eigenvalue weighted by molar-refractivity contribution is 0.125. The van der Waals surface area contributed by atoms with E-state index in [-0.39, 0.29) is 5.54 Å². The highest BCUT2D eigenvalue weighted by Gasteiger charge is 2.41. The molecule has 0 saturated carbocycles. The van der Waals surface area contributed by atoms with Gasteiger partial charge in [0.05, 0.1) is 25.8 Å². The molecule has 110 valence electrons. The maximum Gasteiger partial charge on any atom is 0.192 e. The van der Waals surface area contributed by atoms with Crippen LogP contribution >= 0.6 is 0 Å². The molecule has 0 amide bonds. The van der Waals surface area contributed by atoms with E-state index in [1.54, 1.807) is 14.2 Å². The molecule has 0 bridgehead atoms. The first-order chi connectivity index (χ1) is 9.67. The lowest BCUT2D eigenvalue weighted by atomic mass is 9.86. The van der Waals surface area contributed by atoms with E-state index in [0.717, 1.165) is 18.7 Å². The first-order valence-electron chi connectivity index (χ1n) is 6.89. The van der Waals surface area contributed by atoms with Crippen molar-refractivity contribution in [2.45, 2.75) is 18.9 Å². The maximum absolute atomic E-state index is 6.06. The van der Waals surface area contributed by atoms with Crippen molar-refractivity contribution in [2.24, 2.45) is 10.7 Å². The second-order valence-electron chi connectivity index (χ2n) is 4.93. The molecular weight excluding hydrogens is 254 g/mol. The van der Waals surface area contributed by atoms with Crippen molar-refractivity contribution in [2.75, 3.05) is 33.9 Å². The largest absolute Gasteiger partial charge is 0.497 e. The van der Waals surface area contributed by atoms with Crippen LogP contribution in [0.4, 0.5) is 0 Å². The monoisotopic (exact) mass is 277 g/mol. The Morgan fingerprint density at radius 2 is 2.00 bits per heavy atom. The van der Waals surface area contributed by atoms with Crippen LogP contribution in [0.2, 0.25) is 0 Å². The minimum Gasteiger partial charge on any atom is -0.497 e. The standard InChI is InChI=1S/C15H23N3O2/c1-4-15(12-5-7-13(20-3)8-6-12)11-17-14(16)18(15)9-10-19-2/h5-8H,4,9-11H2,1-3H3,(H2,16,17). The molecule has 2 rings (SSSR count). The molecule has 1 atom stereocenters. The molecular formula is C15H23N3O2. The molecule has 1 aliphatic heterocycles. The summed E-state index contributed by atoms with van der Waals surface area (Å²) in [6.45, 7) is 4.23. The van der Waals surface area contributed by atoms with Crippen molar-refractivity contribution in [3.63, 3.8) is 0 Å². The fourth-order valence-corrected chi connectivity index (χ4v) is 2.77. The minimum atomic E-state index is -0.172. The van der Waals surface area contributed by atoms with Gasteiger partial charge in [0.1, 0.15) is 5.75 Å². The number of nitrogens with zero attached hydrogens (tertiary/aromatic N) is 2. The van der Waals surface area contributed by atoms with Gasteiger partial charge in [0.15, 0.2) is 5.96 Å². The first kappa shape index (κ1) is 14.7. The van der Waals surface area contributed by atoms with Gasteiger partial charge in [-0.1, -0.05) is 19.1 Å². The summed E-state index contributed by atoms with van der Waals surface area (Å²) in [5, 5.41) is 0. The Morgan fingerprint density at radius 3 is 2.55 bits per heavy atom. The first-order valence-corrected chi connectivity index (χ1v) is 6.89. The van der Waals surface area contributed by atoms with E-state index in [2.05, 4.69) is 28.9 Å². The number of nitrogens with two attached hydrogens (primary N) is 1. The Morgan fingerprint density at radius 1 is 1.30 bits per heavy atom. The average molecular weight is 277 g/mol.